The number of hydrogen-bond acceptors (Lipinski definition) is 2. The molecule has 0 aromatic heterocycles. The molecular formula is C15H6F7NO2. The van der Waals surface area contributed by atoms with E-state index in [-0.39, 0.29) is 0 Å². The average Bonchev–Trinajstić information content (AvgIpc) is 2.55. The van der Waals surface area contributed by atoms with Gasteiger partial charge in [-0.25, -0.2) is 17.6 Å². The Morgan fingerprint density at radius 1 is 0.960 bits per heavy atom. The van der Waals surface area contributed by atoms with Crippen LogP contribution in [0.3, 0.4) is 0 Å². The molecule has 0 spiro atoms. The number of alkyl halides is 3. The molecule has 2 rings (SSSR count). The molecule has 0 aliphatic rings. The van der Waals surface area contributed by atoms with Gasteiger partial charge < -0.3 is 5.32 Å². The molecule has 0 fully saturated rings. The Balaban J connectivity index is 2.48. The zero-order chi connectivity index (χ0) is 18.9. The maximum Gasteiger partial charge on any atom is 0.416 e. The van der Waals surface area contributed by atoms with Crippen molar-refractivity contribution in [1.29, 1.82) is 0 Å². The van der Waals surface area contributed by atoms with Crippen LogP contribution in [-0.2, 0) is 6.18 Å². The minimum Gasteiger partial charge on any atom is -0.322 e. The van der Waals surface area contributed by atoms with Crippen molar-refractivity contribution >= 4 is 17.9 Å². The molecule has 2 aromatic carbocycles. The summed E-state index contributed by atoms with van der Waals surface area (Å²) < 4.78 is 91.4. The van der Waals surface area contributed by atoms with Gasteiger partial charge in [0.15, 0.2) is 29.6 Å². The van der Waals surface area contributed by atoms with Crippen LogP contribution < -0.4 is 5.32 Å². The minimum atomic E-state index is -4.74. The summed E-state index contributed by atoms with van der Waals surface area (Å²) in [5, 5.41) is 1.77. The van der Waals surface area contributed by atoms with E-state index in [1.165, 1.54) is 0 Å². The number of rotatable bonds is 3. The van der Waals surface area contributed by atoms with E-state index < -0.39 is 64.0 Å². The number of anilines is 1. The average molecular weight is 365 g/mol. The topological polar surface area (TPSA) is 46.2 Å². The number of nitrogens with one attached hydrogen (secondary N) is 1. The molecule has 0 unspecified atom stereocenters. The summed E-state index contributed by atoms with van der Waals surface area (Å²) in [4.78, 5) is 22.7. The second-order valence-electron chi connectivity index (χ2n) is 4.70. The first-order valence-corrected chi connectivity index (χ1v) is 6.37. The largest absolute Gasteiger partial charge is 0.416 e. The van der Waals surface area contributed by atoms with E-state index >= 15 is 0 Å². The van der Waals surface area contributed by atoms with E-state index in [1.54, 1.807) is 5.32 Å². The zero-order valence-electron chi connectivity index (χ0n) is 11.8. The predicted molar refractivity (Wildman–Crippen MR) is 71.1 cm³/mol. The second-order valence-corrected chi connectivity index (χ2v) is 4.70. The van der Waals surface area contributed by atoms with Crippen molar-refractivity contribution in [3.8, 4) is 0 Å². The SMILES string of the molecule is O=Cc1c(F)c(F)c(F)c(F)c1C(=O)Nc1cccc(C(F)(F)F)c1. The molecule has 0 radical (unpaired) electrons. The number of aldehydes is 1. The second kappa shape index (κ2) is 6.54. The number of carbonyl (C=O) groups is 2. The van der Waals surface area contributed by atoms with E-state index in [4.69, 9.17) is 0 Å². The van der Waals surface area contributed by atoms with Crippen LogP contribution in [0.1, 0.15) is 26.3 Å². The molecule has 0 heterocycles. The van der Waals surface area contributed by atoms with E-state index in [2.05, 4.69) is 0 Å². The Labute approximate surface area is 135 Å². The Kier molecular flexibility index (Phi) is 4.82. The molecule has 2 aromatic rings. The monoisotopic (exact) mass is 365 g/mol. The van der Waals surface area contributed by atoms with Gasteiger partial charge in [-0.15, -0.1) is 0 Å². The third-order valence-corrected chi connectivity index (χ3v) is 3.10. The number of amides is 1. The summed E-state index contributed by atoms with van der Waals surface area (Å²) in [6.07, 6.45) is -5.16. The Morgan fingerprint density at radius 3 is 2.12 bits per heavy atom. The minimum absolute atomic E-state index is 0.415. The molecule has 1 amide bonds. The van der Waals surface area contributed by atoms with Crippen molar-refractivity contribution in [1.82, 2.24) is 0 Å². The molecule has 0 saturated heterocycles. The quantitative estimate of drug-likeness (QED) is 0.381. The third-order valence-electron chi connectivity index (χ3n) is 3.10. The first kappa shape index (κ1) is 18.4. The first-order chi connectivity index (χ1) is 11.6. The van der Waals surface area contributed by atoms with Crippen molar-refractivity contribution in [3.63, 3.8) is 0 Å². The van der Waals surface area contributed by atoms with E-state index in [1.807, 2.05) is 0 Å². The molecule has 0 saturated carbocycles. The van der Waals surface area contributed by atoms with Gasteiger partial charge >= 0.3 is 6.18 Å². The normalized spacial score (nSPS) is 11.3. The number of carbonyl (C=O) groups excluding carboxylic acids is 2. The third kappa shape index (κ3) is 3.47. The van der Waals surface area contributed by atoms with Gasteiger partial charge in [0.25, 0.3) is 5.91 Å². The molecule has 0 aliphatic carbocycles. The standard InChI is InChI=1S/C15H6F7NO2/c16-10-8(5-24)9(11(17)13(19)12(10)18)14(25)23-7-3-1-2-6(4-7)15(20,21)22/h1-5H,(H,23,25). The highest BCUT2D eigenvalue weighted by Gasteiger charge is 2.31. The fourth-order valence-electron chi connectivity index (χ4n) is 1.95. The van der Waals surface area contributed by atoms with Crippen LogP contribution in [0, 0.1) is 23.3 Å². The van der Waals surface area contributed by atoms with E-state index in [0.717, 1.165) is 12.1 Å². The van der Waals surface area contributed by atoms with Gasteiger partial charge in [-0.05, 0) is 18.2 Å². The van der Waals surface area contributed by atoms with Crippen LogP contribution in [0.15, 0.2) is 24.3 Å². The Hall–Kier alpha value is -2.91. The van der Waals surface area contributed by atoms with Gasteiger partial charge in [-0.1, -0.05) is 6.07 Å². The van der Waals surface area contributed by atoms with Crippen molar-refractivity contribution in [2.75, 3.05) is 5.32 Å². The van der Waals surface area contributed by atoms with Crippen molar-refractivity contribution in [2.45, 2.75) is 6.18 Å². The van der Waals surface area contributed by atoms with Gasteiger partial charge in [-0.2, -0.15) is 13.2 Å². The number of hydrogen-bond donors (Lipinski definition) is 1. The van der Waals surface area contributed by atoms with Crippen molar-refractivity contribution in [3.05, 3.63) is 64.2 Å². The summed E-state index contributed by atoms with van der Waals surface area (Å²) in [7, 11) is 0. The molecule has 132 valence electrons. The maximum absolute atomic E-state index is 13.7. The lowest BCUT2D eigenvalue weighted by atomic mass is 10.0. The predicted octanol–water partition coefficient (Wildman–Crippen LogP) is 4.33. The molecule has 0 atom stereocenters. The fourth-order valence-corrected chi connectivity index (χ4v) is 1.95. The Bertz CT molecular complexity index is 862. The number of benzene rings is 2. The molecular weight excluding hydrogens is 359 g/mol. The van der Waals surface area contributed by atoms with E-state index in [0.29, 0.717) is 12.1 Å². The highest BCUT2D eigenvalue weighted by molar-refractivity contribution is 6.09. The van der Waals surface area contributed by atoms with Gasteiger partial charge in [0.1, 0.15) is 0 Å². The van der Waals surface area contributed by atoms with Crippen molar-refractivity contribution in [2.24, 2.45) is 0 Å². The van der Waals surface area contributed by atoms with Gasteiger partial charge in [0.05, 0.1) is 16.7 Å². The number of halogens is 7. The highest BCUT2D eigenvalue weighted by atomic mass is 19.4. The fraction of sp³-hybridized carbons (Fsp3) is 0.0667. The molecule has 0 bridgehead atoms. The van der Waals surface area contributed by atoms with E-state index in [9.17, 15) is 40.3 Å². The van der Waals surface area contributed by atoms with Crippen LogP contribution in [0.2, 0.25) is 0 Å². The smallest absolute Gasteiger partial charge is 0.322 e. The van der Waals surface area contributed by atoms with Gasteiger partial charge in [0.2, 0.25) is 0 Å². The van der Waals surface area contributed by atoms with Gasteiger partial charge in [0, 0.05) is 5.69 Å². The molecule has 10 heteroatoms. The molecule has 0 aliphatic heterocycles. The van der Waals surface area contributed by atoms with Crippen LogP contribution >= 0.6 is 0 Å². The molecule has 3 nitrogen and oxygen atoms in total. The lowest BCUT2D eigenvalue weighted by Crippen LogP contribution is -2.20. The molecule has 1 N–H and O–H groups in total. The summed E-state index contributed by atoms with van der Waals surface area (Å²) in [5.74, 6) is -10.5. The highest BCUT2D eigenvalue weighted by Crippen LogP contribution is 2.31. The summed E-state index contributed by atoms with van der Waals surface area (Å²) in [6, 6.07) is 3.07. The van der Waals surface area contributed by atoms with Gasteiger partial charge in [-0.3, -0.25) is 9.59 Å². The molecule has 25 heavy (non-hydrogen) atoms. The van der Waals surface area contributed by atoms with Crippen molar-refractivity contribution < 1.29 is 40.3 Å². The van der Waals surface area contributed by atoms with Crippen LogP contribution in [0.5, 0.6) is 0 Å². The zero-order valence-corrected chi connectivity index (χ0v) is 11.8. The summed E-state index contributed by atoms with van der Waals surface area (Å²) in [5.41, 5.74) is -4.51. The first-order valence-electron chi connectivity index (χ1n) is 6.37. The van der Waals surface area contributed by atoms with Crippen LogP contribution in [0.25, 0.3) is 0 Å². The maximum atomic E-state index is 13.7. The lowest BCUT2D eigenvalue weighted by Gasteiger charge is -2.12. The van der Waals surface area contributed by atoms with Crippen LogP contribution in [0.4, 0.5) is 36.4 Å². The summed E-state index contributed by atoms with van der Waals surface area (Å²) in [6.45, 7) is 0. The Morgan fingerprint density at radius 2 is 1.56 bits per heavy atom. The van der Waals surface area contributed by atoms with Crippen LogP contribution in [-0.4, -0.2) is 12.2 Å². The summed E-state index contributed by atoms with van der Waals surface area (Å²) >= 11 is 0. The lowest BCUT2D eigenvalue weighted by molar-refractivity contribution is -0.137.